The molecule has 0 saturated heterocycles. The molecular weight excluding hydrogens is 460 g/mol. The number of carbonyl (C=O) groups is 2. The van der Waals surface area contributed by atoms with Gasteiger partial charge in [-0.3, -0.25) is 9.59 Å². The lowest BCUT2D eigenvalue weighted by Gasteiger charge is -2.14. The molecule has 0 N–H and O–H groups in total. The number of ether oxygens (including phenoxy) is 2. The van der Waals surface area contributed by atoms with Gasteiger partial charge in [0.15, 0.2) is 5.41 Å². The summed E-state index contributed by atoms with van der Waals surface area (Å²) in [6, 6.07) is 0. The van der Waals surface area contributed by atoms with E-state index in [4.69, 9.17) is 9.47 Å². The number of hydrogen-bond donors (Lipinski definition) is 0. The molecule has 1 rings (SSSR count). The Balaban J connectivity index is 1.91. The first-order valence-electron chi connectivity index (χ1n) is 16.5. The van der Waals surface area contributed by atoms with E-state index in [0.29, 0.717) is 26.1 Å². The third-order valence-electron chi connectivity index (χ3n) is 7.99. The average molecular weight is 523 g/mol. The molecule has 1 saturated carbocycles. The topological polar surface area (TPSA) is 52.6 Å². The van der Waals surface area contributed by atoms with Crippen molar-refractivity contribution in [1.82, 2.24) is 0 Å². The van der Waals surface area contributed by atoms with E-state index in [-0.39, 0.29) is 11.9 Å². The summed E-state index contributed by atoms with van der Waals surface area (Å²) < 4.78 is 10.9. The van der Waals surface area contributed by atoms with Crippen LogP contribution in [0.25, 0.3) is 0 Å². The van der Waals surface area contributed by atoms with Crippen LogP contribution in [-0.4, -0.2) is 25.2 Å². The van der Waals surface area contributed by atoms with Crippen LogP contribution in [0.3, 0.4) is 0 Å². The van der Waals surface area contributed by atoms with Crippen LogP contribution in [0.2, 0.25) is 0 Å². The molecule has 0 amide bonds. The number of carbonyl (C=O) groups excluding carboxylic acids is 2. The van der Waals surface area contributed by atoms with E-state index in [1.54, 1.807) is 0 Å². The monoisotopic (exact) mass is 522 g/mol. The first kappa shape index (κ1) is 34.0. The standard InChI is InChI=1S/C33H62O4/c1-3-5-7-9-11-13-15-17-19-21-23-25-29-36-31(34)33(27-28-33)32(35)37-30-26-24-22-20-18-16-14-12-10-8-6-4-2/h3-30H2,1-2H3. The van der Waals surface area contributed by atoms with Crippen molar-refractivity contribution in [3.8, 4) is 0 Å². The van der Waals surface area contributed by atoms with Crippen molar-refractivity contribution in [1.29, 1.82) is 0 Å². The van der Waals surface area contributed by atoms with E-state index in [9.17, 15) is 9.59 Å². The van der Waals surface area contributed by atoms with Crippen molar-refractivity contribution in [3.63, 3.8) is 0 Å². The van der Waals surface area contributed by atoms with Crippen molar-refractivity contribution in [2.24, 2.45) is 5.41 Å². The van der Waals surface area contributed by atoms with Crippen molar-refractivity contribution >= 4 is 11.9 Å². The highest BCUT2D eigenvalue weighted by atomic mass is 16.6. The number of rotatable bonds is 28. The molecule has 4 nitrogen and oxygen atoms in total. The second-order valence-corrected chi connectivity index (χ2v) is 11.6. The second-order valence-electron chi connectivity index (χ2n) is 11.6. The molecule has 1 aliphatic carbocycles. The van der Waals surface area contributed by atoms with Gasteiger partial charge in [-0.05, 0) is 25.7 Å². The molecule has 37 heavy (non-hydrogen) atoms. The number of unbranched alkanes of at least 4 members (excludes halogenated alkanes) is 22. The molecule has 1 aliphatic rings. The lowest BCUT2D eigenvalue weighted by Crippen LogP contribution is -2.30. The molecule has 0 spiro atoms. The van der Waals surface area contributed by atoms with E-state index in [1.807, 2.05) is 0 Å². The molecule has 0 aromatic rings. The van der Waals surface area contributed by atoms with Gasteiger partial charge < -0.3 is 9.47 Å². The van der Waals surface area contributed by atoms with Gasteiger partial charge in [0.1, 0.15) is 0 Å². The van der Waals surface area contributed by atoms with Crippen LogP contribution in [0.15, 0.2) is 0 Å². The highest BCUT2D eigenvalue weighted by Crippen LogP contribution is 2.48. The summed E-state index contributed by atoms with van der Waals surface area (Å²) in [6.07, 6.45) is 32.0. The minimum absolute atomic E-state index is 0.352. The molecule has 0 aliphatic heterocycles. The summed E-state index contributed by atoms with van der Waals surface area (Å²) in [7, 11) is 0. The Morgan fingerprint density at radius 3 is 0.919 bits per heavy atom. The normalized spacial score (nSPS) is 14.0. The van der Waals surface area contributed by atoms with Gasteiger partial charge in [-0.2, -0.15) is 0 Å². The molecule has 0 aromatic carbocycles. The zero-order valence-corrected chi connectivity index (χ0v) is 24.9. The first-order valence-corrected chi connectivity index (χ1v) is 16.5. The van der Waals surface area contributed by atoms with Crippen LogP contribution < -0.4 is 0 Å². The maximum atomic E-state index is 12.5. The number of hydrogen-bond acceptors (Lipinski definition) is 4. The summed E-state index contributed by atoms with van der Waals surface area (Å²) in [4.78, 5) is 25.0. The van der Waals surface area contributed by atoms with Crippen molar-refractivity contribution < 1.29 is 19.1 Å². The lowest BCUT2D eigenvalue weighted by molar-refractivity contribution is -0.164. The zero-order chi connectivity index (χ0) is 26.9. The smallest absolute Gasteiger partial charge is 0.323 e. The molecule has 0 bridgehead atoms. The van der Waals surface area contributed by atoms with Crippen LogP contribution in [0.1, 0.15) is 181 Å². The third-order valence-corrected chi connectivity index (χ3v) is 7.99. The largest absolute Gasteiger partial charge is 0.465 e. The highest BCUT2D eigenvalue weighted by Gasteiger charge is 2.59. The molecular formula is C33H62O4. The highest BCUT2D eigenvalue weighted by molar-refractivity contribution is 6.03. The summed E-state index contributed by atoms with van der Waals surface area (Å²) in [5.41, 5.74) is -0.978. The predicted octanol–water partition coefficient (Wildman–Crippen LogP) is 10.3. The maximum absolute atomic E-state index is 12.5. The van der Waals surface area contributed by atoms with Gasteiger partial charge in [-0.1, -0.05) is 155 Å². The summed E-state index contributed by atoms with van der Waals surface area (Å²) >= 11 is 0. The van der Waals surface area contributed by atoms with Gasteiger partial charge in [0.05, 0.1) is 13.2 Å². The van der Waals surface area contributed by atoms with E-state index >= 15 is 0 Å². The molecule has 0 aromatic heterocycles. The van der Waals surface area contributed by atoms with Crippen molar-refractivity contribution in [3.05, 3.63) is 0 Å². The Bertz CT molecular complexity index is 496. The fourth-order valence-electron chi connectivity index (χ4n) is 5.11. The van der Waals surface area contributed by atoms with Crippen LogP contribution >= 0.6 is 0 Å². The fraction of sp³-hybridized carbons (Fsp3) is 0.939. The van der Waals surface area contributed by atoms with Crippen LogP contribution in [0.4, 0.5) is 0 Å². The quantitative estimate of drug-likeness (QED) is 0.0582. The molecule has 0 unspecified atom stereocenters. The molecule has 0 atom stereocenters. The van der Waals surface area contributed by atoms with Gasteiger partial charge in [0.2, 0.25) is 0 Å². The fourth-order valence-corrected chi connectivity index (χ4v) is 5.11. The SMILES string of the molecule is CCCCCCCCCCCCCCOC(=O)C1(C(=O)OCCCCCCCCCCCCCC)CC1. The lowest BCUT2D eigenvalue weighted by atomic mass is 10.1. The van der Waals surface area contributed by atoms with E-state index < -0.39 is 5.41 Å². The van der Waals surface area contributed by atoms with E-state index in [1.165, 1.54) is 128 Å². The molecule has 0 heterocycles. The summed E-state index contributed by atoms with van der Waals surface area (Å²) in [5, 5.41) is 0. The van der Waals surface area contributed by atoms with E-state index in [2.05, 4.69) is 13.8 Å². The Morgan fingerprint density at radius 2 is 0.676 bits per heavy atom. The summed E-state index contributed by atoms with van der Waals surface area (Å²) in [5.74, 6) is -0.703. The third kappa shape index (κ3) is 18.0. The van der Waals surface area contributed by atoms with Gasteiger partial charge in [-0.25, -0.2) is 0 Å². The van der Waals surface area contributed by atoms with Crippen molar-refractivity contribution in [2.75, 3.05) is 13.2 Å². The van der Waals surface area contributed by atoms with Gasteiger partial charge in [-0.15, -0.1) is 0 Å². The Kier molecular flexibility index (Phi) is 22.0. The molecule has 4 heteroatoms. The molecule has 0 radical (unpaired) electrons. The Morgan fingerprint density at radius 1 is 0.432 bits per heavy atom. The van der Waals surface area contributed by atoms with E-state index in [0.717, 1.165) is 25.7 Å². The van der Waals surface area contributed by atoms with Gasteiger partial charge in [0.25, 0.3) is 0 Å². The minimum Gasteiger partial charge on any atom is -0.465 e. The Hall–Kier alpha value is -1.06. The molecule has 218 valence electrons. The molecule has 1 fully saturated rings. The first-order chi connectivity index (χ1) is 18.2. The Labute approximate surface area is 230 Å². The average Bonchev–Trinajstić information content (AvgIpc) is 3.71. The van der Waals surface area contributed by atoms with Gasteiger partial charge >= 0.3 is 11.9 Å². The van der Waals surface area contributed by atoms with Gasteiger partial charge in [0, 0.05) is 0 Å². The van der Waals surface area contributed by atoms with Crippen LogP contribution in [0, 0.1) is 5.41 Å². The van der Waals surface area contributed by atoms with Crippen LogP contribution in [-0.2, 0) is 19.1 Å². The maximum Gasteiger partial charge on any atom is 0.323 e. The van der Waals surface area contributed by atoms with Crippen molar-refractivity contribution in [2.45, 2.75) is 181 Å². The number of esters is 2. The minimum atomic E-state index is -0.978. The zero-order valence-electron chi connectivity index (χ0n) is 24.9. The predicted molar refractivity (Wildman–Crippen MR) is 156 cm³/mol. The van der Waals surface area contributed by atoms with Crippen LogP contribution in [0.5, 0.6) is 0 Å². The second kappa shape index (κ2) is 24.0. The summed E-state index contributed by atoms with van der Waals surface area (Å²) in [6.45, 7) is 5.40.